The Kier molecular flexibility index (Phi) is 2.15. The molecule has 0 radical (unpaired) electrons. The molecule has 1 N–H and O–H groups in total. The molecule has 0 atom stereocenters. The average molecular weight is 170 g/mol. The van der Waals surface area contributed by atoms with Crippen LogP contribution in [0.1, 0.15) is 11.1 Å². The second kappa shape index (κ2) is 2.93. The van der Waals surface area contributed by atoms with Crippen molar-refractivity contribution >= 4 is 18.6 Å². The predicted molar refractivity (Wildman–Crippen MR) is 46.7 cm³/mol. The number of halogens is 1. The van der Waals surface area contributed by atoms with Gasteiger partial charge in [-0.2, -0.15) is 0 Å². The molecule has 1 heterocycles. The van der Waals surface area contributed by atoms with Crippen LogP contribution in [-0.2, 0) is 6.54 Å². The molecule has 0 saturated heterocycles. The molecule has 0 unspecified atom stereocenters. The van der Waals surface area contributed by atoms with Crippen molar-refractivity contribution in [1.29, 1.82) is 0 Å². The van der Waals surface area contributed by atoms with Gasteiger partial charge < -0.3 is 5.11 Å². The van der Waals surface area contributed by atoms with Gasteiger partial charge in [0.2, 0.25) is 0 Å². The van der Waals surface area contributed by atoms with Gasteiger partial charge in [-0.3, -0.25) is 4.99 Å². The van der Waals surface area contributed by atoms with Crippen molar-refractivity contribution in [3.63, 3.8) is 0 Å². The average Bonchev–Trinajstić information content (AvgIpc) is 2.33. The molecule has 1 aliphatic rings. The maximum Gasteiger partial charge on any atom is 0.115 e. The first-order chi connectivity index (χ1) is 4.86. The van der Waals surface area contributed by atoms with Gasteiger partial charge in [0.15, 0.2) is 0 Å². The maximum atomic E-state index is 9.04. The second-order valence-electron chi connectivity index (χ2n) is 2.35. The van der Waals surface area contributed by atoms with E-state index in [9.17, 15) is 0 Å². The van der Waals surface area contributed by atoms with Gasteiger partial charge in [0.05, 0.1) is 6.54 Å². The minimum atomic E-state index is 0. The van der Waals surface area contributed by atoms with E-state index in [4.69, 9.17) is 5.11 Å². The van der Waals surface area contributed by atoms with Crippen LogP contribution in [0.15, 0.2) is 23.2 Å². The minimum absolute atomic E-state index is 0. The molecule has 0 spiro atoms. The van der Waals surface area contributed by atoms with Gasteiger partial charge >= 0.3 is 0 Å². The first kappa shape index (κ1) is 8.08. The molecule has 0 fully saturated rings. The van der Waals surface area contributed by atoms with E-state index in [2.05, 4.69) is 4.99 Å². The number of phenolic OH excluding ortho intramolecular Hbond substituents is 1. The molecule has 1 aromatic rings. The van der Waals surface area contributed by atoms with Gasteiger partial charge in [-0.15, -0.1) is 12.4 Å². The molecule has 11 heavy (non-hydrogen) atoms. The predicted octanol–water partition coefficient (Wildman–Crippen LogP) is 1.75. The first-order valence-electron chi connectivity index (χ1n) is 3.18. The highest BCUT2D eigenvalue weighted by Crippen LogP contribution is 2.19. The topological polar surface area (TPSA) is 32.6 Å². The van der Waals surface area contributed by atoms with Crippen LogP contribution < -0.4 is 0 Å². The van der Waals surface area contributed by atoms with Crippen LogP contribution in [0, 0.1) is 0 Å². The van der Waals surface area contributed by atoms with Gasteiger partial charge in [0.25, 0.3) is 0 Å². The van der Waals surface area contributed by atoms with Gasteiger partial charge in [-0.05, 0) is 29.3 Å². The highest BCUT2D eigenvalue weighted by atomic mass is 35.5. The van der Waals surface area contributed by atoms with Crippen LogP contribution in [-0.4, -0.2) is 11.3 Å². The quantitative estimate of drug-likeness (QED) is 0.631. The molecular formula is C8H8ClNO. The number of fused-ring (bicyclic) bond motifs is 1. The fourth-order valence-corrected chi connectivity index (χ4v) is 1.10. The smallest absolute Gasteiger partial charge is 0.115 e. The van der Waals surface area contributed by atoms with E-state index < -0.39 is 0 Å². The Bertz CT molecular complexity index is 296. The normalized spacial score (nSPS) is 12.4. The summed E-state index contributed by atoms with van der Waals surface area (Å²) in [6, 6.07) is 5.31. The Morgan fingerprint density at radius 2 is 2.18 bits per heavy atom. The third-order valence-corrected chi connectivity index (χ3v) is 1.62. The fourth-order valence-electron chi connectivity index (χ4n) is 1.10. The van der Waals surface area contributed by atoms with Crippen LogP contribution in [0.2, 0.25) is 0 Å². The summed E-state index contributed by atoms with van der Waals surface area (Å²) < 4.78 is 0. The Hall–Kier alpha value is -1.02. The SMILES string of the molecule is Cl.Oc1ccc2c(c1)CN=C2. The van der Waals surface area contributed by atoms with Crippen molar-refractivity contribution in [3.8, 4) is 5.75 Å². The largest absolute Gasteiger partial charge is 0.508 e. The highest BCUT2D eigenvalue weighted by Gasteiger charge is 2.04. The van der Waals surface area contributed by atoms with Gasteiger partial charge in [-0.25, -0.2) is 0 Å². The van der Waals surface area contributed by atoms with Crippen molar-refractivity contribution in [1.82, 2.24) is 0 Å². The lowest BCUT2D eigenvalue weighted by atomic mass is 10.1. The van der Waals surface area contributed by atoms with Crippen LogP contribution in [0.25, 0.3) is 0 Å². The molecule has 1 aromatic carbocycles. The van der Waals surface area contributed by atoms with E-state index in [1.54, 1.807) is 12.1 Å². The summed E-state index contributed by atoms with van der Waals surface area (Å²) in [5.74, 6) is 0.323. The number of benzene rings is 1. The molecule has 0 saturated carbocycles. The molecule has 0 amide bonds. The van der Waals surface area contributed by atoms with Crippen LogP contribution >= 0.6 is 12.4 Å². The molecule has 2 rings (SSSR count). The molecule has 3 heteroatoms. The molecule has 58 valence electrons. The van der Waals surface area contributed by atoms with Gasteiger partial charge in [0.1, 0.15) is 5.75 Å². The zero-order valence-electron chi connectivity index (χ0n) is 5.82. The lowest BCUT2D eigenvalue weighted by Gasteiger charge is -1.95. The summed E-state index contributed by atoms with van der Waals surface area (Å²) in [5.41, 5.74) is 2.23. The standard InChI is InChI=1S/C8H7NO.ClH/c10-8-2-1-6-4-9-5-7(6)3-8;/h1-4,10H,5H2;1H. The van der Waals surface area contributed by atoms with E-state index in [1.165, 1.54) is 0 Å². The summed E-state index contributed by atoms with van der Waals surface area (Å²) in [6.07, 6.45) is 1.83. The number of hydrogen-bond donors (Lipinski definition) is 1. The zero-order chi connectivity index (χ0) is 6.97. The van der Waals surface area contributed by atoms with E-state index in [1.807, 2.05) is 12.3 Å². The Balaban J connectivity index is 0.000000605. The molecule has 1 aliphatic heterocycles. The van der Waals surface area contributed by atoms with Crippen molar-refractivity contribution in [2.45, 2.75) is 6.54 Å². The zero-order valence-corrected chi connectivity index (χ0v) is 6.64. The molecular weight excluding hydrogens is 162 g/mol. The summed E-state index contributed by atoms with van der Waals surface area (Å²) >= 11 is 0. The maximum absolute atomic E-state index is 9.04. The Morgan fingerprint density at radius 1 is 1.36 bits per heavy atom. The third-order valence-electron chi connectivity index (χ3n) is 1.62. The second-order valence-corrected chi connectivity index (χ2v) is 2.35. The number of nitrogens with zero attached hydrogens (tertiary/aromatic N) is 1. The van der Waals surface area contributed by atoms with Gasteiger partial charge in [-0.1, -0.05) is 0 Å². The molecule has 0 aromatic heterocycles. The van der Waals surface area contributed by atoms with Crippen molar-refractivity contribution < 1.29 is 5.11 Å². The van der Waals surface area contributed by atoms with E-state index in [0.29, 0.717) is 12.3 Å². The molecule has 0 bridgehead atoms. The summed E-state index contributed by atoms with van der Waals surface area (Å²) in [5, 5.41) is 9.04. The number of rotatable bonds is 0. The lowest BCUT2D eigenvalue weighted by Crippen LogP contribution is -1.81. The highest BCUT2D eigenvalue weighted by molar-refractivity contribution is 5.85. The van der Waals surface area contributed by atoms with E-state index in [-0.39, 0.29) is 12.4 Å². The first-order valence-corrected chi connectivity index (χ1v) is 3.18. The Labute approximate surface area is 71.0 Å². The number of aromatic hydroxyl groups is 1. The minimum Gasteiger partial charge on any atom is -0.508 e. The van der Waals surface area contributed by atoms with Crippen molar-refractivity contribution in [2.75, 3.05) is 0 Å². The third kappa shape index (κ3) is 1.35. The van der Waals surface area contributed by atoms with Crippen LogP contribution in [0.3, 0.4) is 0 Å². The van der Waals surface area contributed by atoms with Crippen molar-refractivity contribution in [3.05, 3.63) is 29.3 Å². The summed E-state index contributed by atoms with van der Waals surface area (Å²) in [4.78, 5) is 4.06. The van der Waals surface area contributed by atoms with Crippen LogP contribution in [0.4, 0.5) is 0 Å². The Morgan fingerprint density at radius 3 is 3.00 bits per heavy atom. The monoisotopic (exact) mass is 169 g/mol. The van der Waals surface area contributed by atoms with Crippen molar-refractivity contribution in [2.24, 2.45) is 4.99 Å². The molecule has 0 aliphatic carbocycles. The summed E-state index contributed by atoms with van der Waals surface area (Å²) in [6.45, 7) is 0.712. The van der Waals surface area contributed by atoms with E-state index in [0.717, 1.165) is 11.1 Å². The number of hydrogen-bond acceptors (Lipinski definition) is 2. The number of phenols is 1. The fraction of sp³-hybridized carbons (Fsp3) is 0.125. The summed E-state index contributed by atoms with van der Waals surface area (Å²) in [7, 11) is 0. The van der Waals surface area contributed by atoms with Gasteiger partial charge in [0, 0.05) is 6.21 Å². The van der Waals surface area contributed by atoms with E-state index >= 15 is 0 Å². The van der Waals surface area contributed by atoms with Crippen LogP contribution in [0.5, 0.6) is 5.75 Å². The lowest BCUT2D eigenvalue weighted by molar-refractivity contribution is 0.474. The number of aliphatic imine (C=N–C) groups is 1. The molecule has 2 nitrogen and oxygen atoms in total.